The van der Waals surface area contributed by atoms with Crippen LogP contribution in [0.5, 0.6) is 0 Å². The quantitative estimate of drug-likeness (QED) is 0.412. The van der Waals surface area contributed by atoms with E-state index in [1.807, 2.05) is 12.3 Å². The lowest BCUT2D eigenvalue weighted by Crippen LogP contribution is -2.46. The second-order valence-electron chi connectivity index (χ2n) is 8.58. The third-order valence-corrected chi connectivity index (χ3v) is 6.27. The SMILES string of the molecule is Cc1cc(N2CCN(Cc3ccccn3)CC2)ccc1/C(C=NCC1CCCCO1)=N/N. The van der Waals surface area contributed by atoms with Gasteiger partial charge in [-0.3, -0.25) is 14.9 Å². The third-order valence-electron chi connectivity index (χ3n) is 6.27. The fourth-order valence-corrected chi connectivity index (χ4v) is 4.40. The molecule has 2 saturated heterocycles. The van der Waals surface area contributed by atoms with Crippen LogP contribution in [0.2, 0.25) is 0 Å². The van der Waals surface area contributed by atoms with Crippen LogP contribution >= 0.6 is 0 Å². The lowest BCUT2D eigenvalue weighted by atomic mass is 10.0. The molecule has 1 atom stereocenters. The number of benzene rings is 1. The summed E-state index contributed by atoms with van der Waals surface area (Å²) in [6.07, 6.45) is 7.32. The highest BCUT2D eigenvalue weighted by Crippen LogP contribution is 2.22. The molecule has 4 rings (SSSR count). The minimum atomic E-state index is 0.221. The molecular formula is C25H34N6O. The predicted molar refractivity (Wildman–Crippen MR) is 131 cm³/mol. The van der Waals surface area contributed by atoms with E-state index in [4.69, 9.17) is 10.6 Å². The van der Waals surface area contributed by atoms with Crippen LogP contribution in [-0.2, 0) is 11.3 Å². The lowest BCUT2D eigenvalue weighted by molar-refractivity contribution is 0.0226. The van der Waals surface area contributed by atoms with Gasteiger partial charge in [-0.15, -0.1) is 0 Å². The van der Waals surface area contributed by atoms with E-state index in [0.717, 1.165) is 69.0 Å². The number of anilines is 1. The molecule has 2 aromatic rings. The summed E-state index contributed by atoms with van der Waals surface area (Å²) in [6.45, 7) is 8.60. The van der Waals surface area contributed by atoms with Crippen molar-refractivity contribution < 1.29 is 4.74 Å². The number of hydrogen-bond acceptors (Lipinski definition) is 7. The maximum absolute atomic E-state index is 5.75. The van der Waals surface area contributed by atoms with E-state index in [1.54, 1.807) is 6.21 Å². The van der Waals surface area contributed by atoms with Crippen LogP contribution in [-0.4, -0.2) is 67.2 Å². The maximum atomic E-state index is 5.75. The average Bonchev–Trinajstić information content (AvgIpc) is 2.84. The van der Waals surface area contributed by atoms with Crippen molar-refractivity contribution in [3.8, 4) is 0 Å². The van der Waals surface area contributed by atoms with E-state index in [2.05, 4.69) is 62.1 Å². The molecule has 170 valence electrons. The van der Waals surface area contributed by atoms with Crippen LogP contribution in [0.25, 0.3) is 0 Å². The topological polar surface area (TPSA) is 79.3 Å². The first-order valence-electron chi connectivity index (χ1n) is 11.6. The summed E-state index contributed by atoms with van der Waals surface area (Å²) < 4.78 is 5.75. The van der Waals surface area contributed by atoms with Crippen LogP contribution in [0.15, 0.2) is 52.7 Å². The highest BCUT2D eigenvalue weighted by molar-refractivity contribution is 6.38. The number of ether oxygens (including phenoxy) is 1. The third kappa shape index (κ3) is 5.93. The van der Waals surface area contributed by atoms with Crippen LogP contribution in [0.1, 0.15) is 36.1 Å². The van der Waals surface area contributed by atoms with E-state index in [9.17, 15) is 0 Å². The van der Waals surface area contributed by atoms with E-state index in [0.29, 0.717) is 12.3 Å². The first kappa shape index (κ1) is 22.4. The van der Waals surface area contributed by atoms with E-state index in [1.165, 1.54) is 12.1 Å². The lowest BCUT2D eigenvalue weighted by Gasteiger charge is -2.36. The van der Waals surface area contributed by atoms with E-state index in [-0.39, 0.29) is 6.10 Å². The number of piperazine rings is 1. The molecule has 0 amide bonds. The van der Waals surface area contributed by atoms with Gasteiger partial charge in [-0.05, 0) is 56.0 Å². The smallest absolute Gasteiger partial charge is 0.108 e. The Labute approximate surface area is 191 Å². The molecule has 1 aromatic carbocycles. The van der Waals surface area contributed by atoms with Gasteiger partial charge in [0.25, 0.3) is 0 Å². The summed E-state index contributed by atoms with van der Waals surface area (Å²) in [5.41, 5.74) is 5.27. The fourth-order valence-electron chi connectivity index (χ4n) is 4.40. The average molecular weight is 435 g/mol. The molecule has 7 nitrogen and oxygen atoms in total. The molecule has 0 aliphatic carbocycles. The standard InChI is InChI=1S/C25H34N6O/c1-20-16-22(31-13-11-30(12-14-31)19-21-6-2-4-10-28-21)8-9-24(20)25(29-26)18-27-17-23-7-3-5-15-32-23/h2,4,6,8-10,16,18,23H,3,5,7,11-15,17,19,26H2,1H3/b27-18?,29-25+. The van der Waals surface area contributed by atoms with Gasteiger partial charge in [0.1, 0.15) is 5.71 Å². The minimum absolute atomic E-state index is 0.221. The second kappa shape index (κ2) is 11.2. The van der Waals surface area contributed by atoms with Crippen molar-refractivity contribution in [1.29, 1.82) is 0 Å². The Hall–Kier alpha value is -2.77. The number of pyridine rings is 1. The molecule has 32 heavy (non-hydrogen) atoms. The molecule has 0 saturated carbocycles. The number of aryl methyl sites for hydroxylation is 1. The number of hydrazone groups is 1. The number of nitrogens with two attached hydrogens (primary N) is 1. The summed E-state index contributed by atoms with van der Waals surface area (Å²) in [4.78, 5) is 13.9. The largest absolute Gasteiger partial charge is 0.376 e. The van der Waals surface area contributed by atoms with Crippen molar-refractivity contribution in [3.63, 3.8) is 0 Å². The summed E-state index contributed by atoms with van der Waals surface area (Å²) in [5, 5.41) is 3.99. The molecule has 2 aliphatic rings. The summed E-state index contributed by atoms with van der Waals surface area (Å²) in [7, 11) is 0. The normalized spacial score (nSPS) is 20.7. The van der Waals surface area contributed by atoms with Gasteiger partial charge in [-0.25, -0.2) is 0 Å². The zero-order chi connectivity index (χ0) is 22.2. The molecule has 3 heterocycles. The number of aromatic nitrogens is 1. The van der Waals surface area contributed by atoms with E-state index >= 15 is 0 Å². The molecule has 1 aromatic heterocycles. The molecule has 2 N–H and O–H groups in total. The van der Waals surface area contributed by atoms with Gasteiger partial charge in [0.05, 0.1) is 18.3 Å². The first-order chi connectivity index (χ1) is 15.7. The molecule has 1 unspecified atom stereocenters. The van der Waals surface area contributed by atoms with Crippen molar-refractivity contribution in [3.05, 3.63) is 59.4 Å². The first-order valence-corrected chi connectivity index (χ1v) is 11.6. The van der Waals surface area contributed by atoms with Crippen LogP contribution in [0, 0.1) is 6.92 Å². The molecule has 2 aliphatic heterocycles. The Balaban J connectivity index is 1.33. The summed E-state index contributed by atoms with van der Waals surface area (Å²) >= 11 is 0. The molecule has 0 bridgehead atoms. The highest BCUT2D eigenvalue weighted by Gasteiger charge is 2.19. The van der Waals surface area contributed by atoms with Gasteiger partial charge in [0.15, 0.2) is 0 Å². The van der Waals surface area contributed by atoms with Crippen molar-refractivity contribution in [2.75, 3.05) is 44.2 Å². The zero-order valence-corrected chi connectivity index (χ0v) is 19.0. The molecule has 7 heteroatoms. The molecule has 2 fully saturated rings. The molecular weight excluding hydrogens is 400 g/mol. The van der Waals surface area contributed by atoms with Crippen molar-refractivity contribution in [2.45, 2.75) is 38.8 Å². The number of nitrogens with zero attached hydrogens (tertiary/aromatic N) is 5. The summed E-state index contributed by atoms with van der Waals surface area (Å²) in [5.74, 6) is 5.70. The monoisotopic (exact) mass is 434 g/mol. The van der Waals surface area contributed by atoms with Gasteiger partial charge in [-0.1, -0.05) is 12.1 Å². The Kier molecular flexibility index (Phi) is 7.85. The Morgan fingerprint density at radius 1 is 1.19 bits per heavy atom. The van der Waals surface area contributed by atoms with Crippen molar-refractivity contribution in [2.24, 2.45) is 15.9 Å². The minimum Gasteiger partial charge on any atom is -0.376 e. The van der Waals surface area contributed by atoms with Crippen LogP contribution < -0.4 is 10.7 Å². The molecule has 0 radical (unpaired) electrons. The van der Waals surface area contributed by atoms with Crippen molar-refractivity contribution >= 4 is 17.6 Å². The second-order valence-corrected chi connectivity index (χ2v) is 8.58. The number of rotatable bonds is 7. The van der Waals surface area contributed by atoms with Crippen molar-refractivity contribution in [1.82, 2.24) is 9.88 Å². The Morgan fingerprint density at radius 2 is 2.06 bits per heavy atom. The van der Waals surface area contributed by atoms with Gasteiger partial charge in [-0.2, -0.15) is 5.10 Å². The Morgan fingerprint density at radius 3 is 2.75 bits per heavy atom. The summed E-state index contributed by atoms with van der Waals surface area (Å²) in [6, 6.07) is 12.6. The van der Waals surface area contributed by atoms with Crippen LogP contribution in [0.4, 0.5) is 5.69 Å². The van der Waals surface area contributed by atoms with Gasteiger partial charge in [0, 0.05) is 63.0 Å². The maximum Gasteiger partial charge on any atom is 0.108 e. The number of aliphatic imine (C=N–C) groups is 1. The van der Waals surface area contributed by atoms with Gasteiger partial charge >= 0.3 is 0 Å². The fraction of sp³-hybridized carbons (Fsp3) is 0.480. The zero-order valence-electron chi connectivity index (χ0n) is 19.0. The van der Waals surface area contributed by atoms with Crippen LogP contribution in [0.3, 0.4) is 0 Å². The Bertz CT molecular complexity index is 915. The van der Waals surface area contributed by atoms with E-state index < -0.39 is 0 Å². The van der Waals surface area contributed by atoms with Gasteiger partial charge in [0.2, 0.25) is 0 Å². The predicted octanol–water partition coefficient (Wildman–Crippen LogP) is 3.01. The van der Waals surface area contributed by atoms with Gasteiger partial charge < -0.3 is 15.5 Å². The molecule has 0 spiro atoms. The highest BCUT2D eigenvalue weighted by atomic mass is 16.5. The number of hydrogen-bond donors (Lipinski definition) is 1.